The van der Waals surface area contributed by atoms with Crippen molar-refractivity contribution in [1.82, 2.24) is 0 Å². The summed E-state index contributed by atoms with van der Waals surface area (Å²) in [7, 11) is 0. The minimum absolute atomic E-state index is 0.0286. The van der Waals surface area contributed by atoms with Crippen molar-refractivity contribution in [2.75, 3.05) is 0 Å². The van der Waals surface area contributed by atoms with Crippen molar-refractivity contribution in [2.45, 2.75) is 59.8 Å². The highest BCUT2D eigenvalue weighted by molar-refractivity contribution is 5.83. The number of aromatic hydroxyl groups is 1. The molecule has 0 radical (unpaired) electrons. The van der Waals surface area contributed by atoms with Gasteiger partial charge in [-0.1, -0.05) is 47.1 Å². The van der Waals surface area contributed by atoms with Crippen LogP contribution in [0.25, 0.3) is 11.0 Å². The van der Waals surface area contributed by atoms with Crippen LogP contribution in [0.4, 0.5) is 0 Å². The number of hydrogen-bond acceptors (Lipinski definition) is 3. The van der Waals surface area contributed by atoms with Crippen LogP contribution in [0.1, 0.15) is 58.9 Å². The third kappa shape index (κ3) is 6.28. The molecule has 0 unspecified atom stereocenters. The Labute approximate surface area is 161 Å². The lowest BCUT2D eigenvalue weighted by molar-refractivity contribution is 0.459. The highest BCUT2D eigenvalue weighted by Crippen LogP contribution is 2.26. The van der Waals surface area contributed by atoms with Gasteiger partial charge < -0.3 is 9.52 Å². The van der Waals surface area contributed by atoms with Gasteiger partial charge in [-0.2, -0.15) is 0 Å². The Morgan fingerprint density at radius 1 is 0.963 bits per heavy atom. The summed E-state index contributed by atoms with van der Waals surface area (Å²) >= 11 is 0. The van der Waals surface area contributed by atoms with Gasteiger partial charge in [-0.3, -0.25) is 0 Å². The summed E-state index contributed by atoms with van der Waals surface area (Å²) in [4.78, 5) is 12.1. The minimum atomic E-state index is -0.467. The first-order valence-electron chi connectivity index (χ1n) is 9.56. The molecule has 0 amide bonds. The first kappa shape index (κ1) is 20.8. The van der Waals surface area contributed by atoms with Crippen molar-refractivity contribution >= 4 is 11.0 Å². The van der Waals surface area contributed by atoms with Crippen molar-refractivity contribution in [2.24, 2.45) is 0 Å². The molecule has 3 heteroatoms. The van der Waals surface area contributed by atoms with E-state index in [2.05, 4.69) is 39.8 Å². The van der Waals surface area contributed by atoms with Gasteiger partial charge in [0.2, 0.25) is 0 Å². The second kappa shape index (κ2) is 9.96. The Balaban J connectivity index is 1.97. The first-order valence-corrected chi connectivity index (χ1v) is 9.56. The summed E-state index contributed by atoms with van der Waals surface area (Å²) in [5, 5.41) is 11.0. The van der Waals surface area contributed by atoms with E-state index in [0.717, 1.165) is 25.7 Å². The highest BCUT2D eigenvalue weighted by Gasteiger charge is 2.12. The maximum Gasteiger partial charge on any atom is 0.343 e. The maximum absolute atomic E-state index is 12.1. The van der Waals surface area contributed by atoms with Crippen LogP contribution in [0.2, 0.25) is 0 Å². The number of rotatable bonds is 8. The molecule has 0 spiro atoms. The number of para-hydroxylation sites is 1. The average molecular weight is 367 g/mol. The standard InChI is InChI=1S/C24H30O3/c1-17(2)9-7-10-18(3)11-8-12-19(4)15-16-21-23(25)20-13-5-6-14-22(20)27-24(21)26/h5-6,9,11,13-15,25H,7-8,10,12,16H2,1-4H3/b18-11+,19-15+. The molecule has 2 aromatic rings. The lowest BCUT2D eigenvalue weighted by Gasteiger charge is -2.05. The van der Waals surface area contributed by atoms with Gasteiger partial charge in [-0.15, -0.1) is 0 Å². The molecule has 2 rings (SSSR count). The number of fused-ring (bicyclic) bond motifs is 1. The molecule has 1 N–H and O–H groups in total. The van der Waals surface area contributed by atoms with E-state index in [1.807, 2.05) is 12.1 Å². The third-order valence-corrected chi connectivity index (χ3v) is 4.65. The predicted octanol–water partition coefficient (Wildman–Crippen LogP) is 6.46. The highest BCUT2D eigenvalue weighted by atomic mass is 16.4. The largest absolute Gasteiger partial charge is 0.507 e. The van der Waals surface area contributed by atoms with E-state index in [1.54, 1.807) is 18.2 Å². The summed E-state index contributed by atoms with van der Waals surface area (Å²) < 4.78 is 5.31. The summed E-state index contributed by atoms with van der Waals surface area (Å²) in [6, 6.07) is 7.05. The third-order valence-electron chi connectivity index (χ3n) is 4.65. The second-order valence-corrected chi connectivity index (χ2v) is 7.38. The molecule has 1 aromatic carbocycles. The SMILES string of the molecule is CC(C)=CCC/C(C)=C/CC/C(C)=C/Cc1c(O)c2ccccc2oc1=O. The molecule has 27 heavy (non-hydrogen) atoms. The molecular formula is C24H30O3. The number of hydrogen-bond donors (Lipinski definition) is 1. The molecule has 0 atom stereocenters. The van der Waals surface area contributed by atoms with Gasteiger partial charge >= 0.3 is 5.63 Å². The molecule has 0 bridgehead atoms. The van der Waals surface area contributed by atoms with Crippen molar-refractivity contribution in [3.8, 4) is 5.75 Å². The summed E-state index contributed by atoms with van der Waals surface area (Å²) in [5.41, 5.74) is 4.25. The van der Waals surface area contributed by atoms with Crippen molar-refractivity contribution in [3.05, 3.63) is 75.2 Å². The Morgan fingerprint density at radius 2 is 1.59 bits per heavy atom. The Kier molecular flexibility index (Phi) is 7.66. The van der Waals surface area contributed by atoms with Crippen LogP contribution < -0.4 is 5.63 Å². The lowest BCUT2D eigenvalue weighted by Crippen LogP contribution is -2.07. The summed E-state index contributed by atoms with van der Waals surface area (Å²) in [6.45, 7) is 8.49. The number of allylic oxidation sites excluding steroid dienone is 6. The lowest BCUT2D eigenvalue weighted by atomic mass is 10.0. The van der Waals surface area contributed by atoms with Gasteiger partial charge in [0.05, 0.1) is 10.9 Å². The fourth-order valence-electron chi connectivity index (χ4n) is 2.97. The van der Waals surface area contributed by atoms with E-state index < -0.39 is 5.63 Å². The van der Waals surface area contributed by atoms with Gasteiger partial charge in [0.1, 0.15) is 11.3 Å². The Morgan fingerprint density at radius 3 is 2.30 bits per heavy atom. The van der Waals surface area contributed by atoms with Crippen LogP contribution in [0, 0.1) is 0 Å². The van der Waals surface area contributed by atoms with Crippen molar-refractivity contribution in [3.63, 3.8) is 0 Å². The monoisotopic (exact) mass is 366 g/mol. The Bertz CT molecular complexity index is 922. The Hall–Kier alpha value is -2.55. The second-order valence-electron chi connectivity index (χ2n) is 7.38. The van der Waals surface area contributed by atoms with Crippen LogP contribution in [0.15, 0.2) is 68.4 Å². The normalized spacial score (nSPS) is 12.4. The molecule has 0 aliphatic rings. The number of benzene rings is 1. The molecule has 3 nitrogen and oxygen atoms in total. The average Bonchev–Trinajstić information content (AvgIpc) is 2.61. The van der Waals surface area contributed by atoms with Gasteiger partial charge in [-0.05, 0) is 65.5 Å². The van der Waals surface area contributed by atoms with Crippen LogP contribution in [0.5, 0.6) is 5.75 Å². The van der Waals surface area contributed by atoms with E-state index in [9.17, 15) is 9.90 Å². The van der Waals surface area contributed by atoms with E-state index in [0.29, 0.717) is 23.0 Å². The molecule has 0 saturated carbocycles. The quantitative estimate of drug-likeness (QED) is 0.431. The molecule has 144 valence electrons. The van der Waals surface area contributed by atoms with Crippen LogP contribution in [0.3, 0.4) is 0 Å². The molecule has 0 aliphatic carbocycles. The van der Waals surface area contributed by atoms with Gasteiger partial charge in [0.15, 0.2) is 0 Å². The maximum atomic E-state index is 12.1. The predicted molar refractivity (Wildman–Crippen MR) is 113 cm³/mol. The fourth-order valence-corrected chi connectivity index (χ4v) is 2.97. The molecular weight excluding hydrogens is 336 g/mol. The topological polar surface area (TPSA) is 50.4 Å². The summed E-state index contributed by atoms with van der Waals surface area (Å²) in [5.74, 6) is 0.0286. The van der Waals surface area contributed by atoms with E-state index in [1.165, 1.54) is 16.7 Å². The van der Waals surface area contributed by atoms with Crippen LogP contribution in [-0.4, -0.2) is 5.11 Å². The van der Waals surface area contributed by atoms with Crippen molar-refractivity contribution < 1.29 is 9.52 Å². The van der Waals surface area contributed by atoms with Gasteiger partial charge in [0.25, 0.3) is 0 Å². The van der Waals surface area contributed by atoms with Crippen LogP contribution >= 0.6 is 0 Å². The molecule has 1 aromatic heterocycles. The summed E-state index contributed by atoms with van der Waals surface area (Å²) in [6.07, 6.45) is 11.1. The first-order chi connectivity index (χ1) is 12.9. The van der Waals surface area contributed by atoms with Gasteiger partial charge in [-0.25, -0.2) is 4.79 Å². The van der Waals surface area contributed by atoms with Gasteiger partial charge in [0, 0.05) is 6.42 Å². The molecule has 0 fully saturated rings. The minimum Gasteiger partial charge on any atom is -0.507 e. The van der Waals surface area contributed by atoms with Crippen LogP contribution in [-0.2, 0) is 6.42 Å². The van der Waals surface area contributed by atoms with E-state index in [-0.39, 0.29) is 5.75 Å². The molecule has 1 heterocycles. The van der Waals surface area contributed by atoms with Crippen molar-refractivity contribution in [1.29, 1.82) is 0 Å². The smallest absolute Gasteiger partial charge is 0.343 e. The zero-order valence-electron chi connectivity index (χ0n) is 16.8. The molecule has 0 aliphatic heterocycles. The van der Waals surface area contributed by atoms with E-state index in [4.69, 9.17) is 4.42 Å². The zero-order valence-corrected chi connectivity index (χ0v) is 16.8. The van der Waals surface area contributed by atoms with E-state index >= 15 is 0 Å². The molecule has 0 saturated heterocycles. The fraction of sp³-hybridized carbons (Fsp3) is 0.375. The zero-order chi connectivity index (χ0) is 19.8.